The largest absolute Gasteiger partial charge is 0.494 e. The monoisotopic (exact) mass is 606 g/mol. The summed E-state index contributed by atoms with van der Waals surface area (Å²) in [5.74, 6) is -3.91. The third kappa shape index (κ3) is 6.81. The summed E-state index contributed by atoms with van der Waals surface area (Å²) in [7, 11) is 2.42. The molecule has 1 saturated heterocycles. The highest BCUT2D eigenvalue weighted by atomic mass is 19.1. The van der Waals surface area contributed by atoms with Crippen LogP contribution in [0.5, 0.6) is 11.5 Å². The minimum absolute atomic E-state index is 0.0444. The summed E-state index contributed by atoms with van der Waals surface area (Å²) >= 11 is 0. The molecule has 0 saturated carbocycles. The summed E-state index contributed by atoms with van der Waals surface area (Å²) < 4.78 is 39.8. The van der Waals surface area contributed by atoms with Gasteiger partial charge in [-0.05, 0) is 43.3 Å². The van der Waals surface area contributed by atoms with Gasteiger partial charge in [-0.15, -0.1) is 0 Å². The van der Waals surface area contributed by atoms with E-state index >= 15 is 0 Å². The van der Waals surface area contributed by atoms with Gasteiger partial charge in [-0.1, -0.05) is 20.1 Å². The highest BCUT2D eigenvalue weighted by Gasteiger charge is 2.28. The van der Waals surface area contributed by atoms with E-state index in [0.717, 1.165) is 44.5 Å². The van der Waals surface area contributed by atoms with E-state index in [-0.39, 0.29) is 28.8 Å². The van der Waals surface area contributed by atoms with Crippen LogP contribution in [0, 0.1) is 18.6 Å². The van der Waals surface area contributed by atoms with Gasteiger partial charge in [0, 0.05) is 49.7 Å². The van der Waals surface area contributed by atoms with Crippen LogP contribution in [0.3, 0.4) is 0 Å². The number of likely N-dealkylation sites (N-methyl/N-ethyl adjacent to an activating group) is 1. The summed E-state index contributed by atoms with van der Waals surface area (Å²) in [5.41, 5.74) is 2.16. The normalized spacial score (nSPS) is 13.5. The van der Waals surface area contributed by atoms with Gasteiger partial charge in [-0.2, -0.15) is 0 Å². The Hall–Kier alpha value is -4.97. The van der Waals surface area contributed by atoms with Crippen molar-refractivity contribution >= 4 is 35.0 Å². The fraction of sp³-hybridized carbons (Fsp3) is 0.281. The van der Waals surface area contributed by atoms with Gasteiger partial charge in [-0.3, -0.25) is 9.59 Å². The first-order valence-electron chi connectivity index (χ1n) is 14.0. The molecule has 1 amide bonds. The molecule has 0 bridgehead atoms. The second-order valence-corrected chi connectivity index (χ2v) is 10.0. The molecule has 0 radical (unpaired) electrons. The molecule has 1 aliphatic rings. The zero-order valence-electron chi connectivity index (χ0n) is 25.2. The fourth-order valence-corrected chi connectivity index (χ4v) is 4.88. The number of nitrogens with one attached hydrogen (secondary N) is 3. The summed E-state index contributed by atoms with van der Waals surface area (Å²) in [6, 6.07) is 6.73. The number of nitrogens with zero attached hydrogens (tertiary/aromatic N) is 3. The Bertz CT molecular complexity index is 1580. The van der Waals surface area contributed by atoms with E-state index in [1.807, 2.05) is 18.2 Å². The number of hydrogen-bond acceptors (Lipinski definition) is 8. The second kappa shape index (κ2) is 14.0. The van der Waals surface area contributed by atoms with E-state index < -0.39 is 23.0 Å². The summed E-state index contributed by atoms with van der Waals surface area (Å²) in [6.45, 7) is 15.9. The van der Waals surface area contributed by atoms with E-state index in [4.69, 9.17) is 9.47 Å². The molecule has 0 atom stereocenters. The van der Waals surface area contributed by atoms with Gasteiger partial charge in [0.25, 0.3) is 0 Å². The van der Waals surface area contributed by atoms with Crippen molar-refractivity contribution in [2.24, 2.45) is 4.99 Å². The number of carbonyl (C=O) groups is 2. The van der Waals surface area contributed by atoms with Crippen LogP contribution in [0.4, 0.5) is 25.8 Å². The second-order valence-electron chi connectivity index (χ2n) is 10.0. The molecule has 1 aromatic heterocycles. The quantitative estimate of drug-likeness (QED) is 0.149. The smallest absolute Gasteiger partial charge is 0.247 e. The minimum Gasteiger partial charge on any atom is -0.494 e. The van der Waals surface area contributed by atoms with Crippen molar-refractivity contribution in [1.82, 2.24) is 9.88 Å². The highest BCUT2D eigenvalue weighted by Crippen LogP contribution is 2.33. The molecule has 44 heavy (non-hydrogen) atoms. The van der Waals surface area contributed by atoms with E-state index in [2.05, 4.69) is 50.5 Å². The van der Waals surface area contributed by atoms with Crippen LogP contribution >= 0.6 is 0 Å². The number of carbonyl (C=O) groups excluding carboxylic acids is 2. The molecule has 3 N–H and O–H groups in total. The maximum Gasteiger partial charge on any atom is 0.247 e. The van der Waals surface area contributed by atoms with Crippen molar-refractivity contribution in [1.29, 1.82) is 0 Å². The first kappa shape index (κ1) is 32.0. The molecular formula is C32H36F2N6O4. The summed E-state index contributed by atoms with van der Waals surface area (Å²) in [5, 5.41) is 5.93. The number of aromatic nitrogens is 1. The lowest BCUT2D eigenvalue weighted by molar-refractivity contribution is -0.111. The van der Waals surface area contributed by atoms with Crippen molar-refractivity contribution < 1.29 is 27.8 Å². The molecule has 10 nitrogen and oxygen atoms in total. The number of benzene rings is 2. The predicted molar refractivity (Wildman–Crippen MR) is 168 cm³/mol. The number of aliphatic imine (C=N–C) groups is 1. The number of ketones is 1. The molecule has 2 heterocycles. The van der Waals surface area contributed by atoms with Crippen LogP contribution in [0.2, 0.25) is 0 Å². The van der Waals surface area contributed by atoms with Gasteiger partial charge < -0.3 is 34.9 Å². The van der Waals surface area contributed by atoms with E-state index in [0.29, 0.717) is 22.6 Å². The van der Waals surface area contributed by atoms with Gasteiger partial charge in [-0.25, -0.2) is 13.8 Å². The van der Waals surface area contributed by atoms with Crippen molar-refractivity contribution in [2.75, 3.05) is 62.5 Å². The zero-order valence-corrected chi connectivity index (χ0v) is 25.2. The molecular weight excluding hydrogens is 570 g/mol. The fourth-order valence-electron chi connectivity index (χ4n) is 4.88. The Kier molecular flexibility index (Phi) is 10.2. The number of methoxy groups -OCH3 is 2. The van der Waals surface area contributed by atoms with E-state index in [1.54, 1.807) is 6.92 Å². The third-order valence-corrected chi connectivity index (χ3v) is 7.48. The van der Waals surface area contributed by atoms with Crippen LogP contribution < -0.4 is 25.0 Å². The molecule has 3 aromatic rings. The Labute approximate surface area is 255 Å². The molecule has 0 spiro atoms. The van der Waals surface area contributed by atoms with Gasteiger partial charge in [0.05, 0.1) is 37.5 Å². The van der Waals surface area contributed by atoms with Crippen LogP contribution in [-0.4, -0.2) is 74.7 Å². The molecule has 0 aliphatic carbocycles. The Morgan fingerprint density at radius 3 is 2.30 bits per heavy atom. The van der Waals surface area contributed by atoms with Crippen LogP contribution in [0.15, 0.2) is 60.5 Å². The highest BCUT2D eigenvalue weighted by molar-refractivity contribution is 6.11. The van der Waals surface area contributed by atoms with E-state index in [9.17, 15) is 18.4 Å². The number of halogens is 2. The van der Waals surface area contributed by atoms with Gasteiger partial charge in [0.2, 0.25) is 11.7 Å². The average molecular weight is 607 g/mol. The molecule has 4 rings (SSSR count). The van der Waals surface area contributed by atoms with Gasteiger partial charge in [0.15, 0.2) is 23.1 Å². The third-order valence-electron chi connectivity index (χ3n) is 7.48. The zero-order chi connectivity index (χ0) is 32.0. The van der Waals surface area contributed by atoms with Crippen LogP contribution in [-0.2, 0) is 4.79 Å². The van der Waals surface area contributed by atoms with E-state index in [1.165, 1.54) is 32.7 Å². The molecule has 1 fully saturated rings. The molecule has 0 unspecified atom stereocenters. The maximum absolute atomic E-state index is 14.9. The number of anilines is 3. The van der Waals surface area contributed by atoms with Crippen LogP contribution in [0.25, 0.3) is 0 Å². The minimum atomic E-state index is -1.13. The lowest BCUT2D eigenvalue weighted by atomic mass is 10.00. The van der Waals surface area contributed by atoms with Gasteiger partial charge in [0.1, 0.15) is 11.4 Å². The van der Waals surface area contributed by atoms with Crippen molar-refractivity contribution in [3.05, 3.63) is 89.5 Å². The molecule has 1 aliphatic heterocycles. The standard InChI is InChI=1S/C32H36F2N6O4/c1-7-28(41)38-24-15-21(40-13-11-39(8-2)12-14-40)9-10-23(24)37-20(4)35-18-25-19(3)22(17-36-25)32(42)29-30(33)26(43-5)16-27(44-6)31(29)34/h7,9-10,15-18,36-37H,1,4,8,11-14H2,2-3,5-6H3,(H,38,41). The first-order chi connectivity index (χ1) is 21.1. The van der Waals surface area contributed by atoms with Crippen molar-refractivity contribution in [2.45, 2.75) is 13.8 Å². The number of rotatable bonds is 12. The number of H-pyrrole nitrogens is 1. The molecule has 232 valence electrons. The van der Waals surface area contributed by atoms with Crippen molar-refractivity contribution in [3.8, 4) is 11.5 Å². The summed E-state index contributed by atoms with van der Waals surface area (Å²) in [6.07, 6.45) is 3.97. The Morgan fingerprint density at radius 1 is 1.05 bits per heavy atom. The predicted octanol–water partition coefficient (Wildman–Crippen LogP) is 5.12. The SMILES string of the molecule is C=CC(=O)Nc1cc(N2CCN(CC)CC2)ccc1NC(=C)N=Cc1[nH]cc(C(=O)c2c(F)c(OC)cc(OC)c2F)c1C. The van der Waals surface area contributed by atoms with Gasteiger partial charge >= 0.3 is 0 Å². The maximum atomic E-state index is 14.9. The average Bonchev–Trinajstić information content (AvgIpc) is 3.40. The number of amides is 1. The Morgan fingerprint density at radius 2 is 1.70 bits per heavy atom. The van der Waals surface area contributed by atoms with Crippen molar-refractivity contribution in [3.63, 3.8) is 0 Å². The van der Waals surface area contributed by atoms with Crippen LogP contribution in [0.1, 0.15) is 34.1 Å². The lowest BCUT2D eigenvalue weighted by Gasteiger charge is -2.35. The molecule has 2 aromatic carbocycles. The number of piperazine rings is 1. The Balaban J connectivity index is 1.53. The molecule has 12 heteroatoms. The summed E-state index contributed by atoms with van der Waals surface area (Å²) in [4.78, 5) is 37.3. The topological polar surface area (TPSA) is 111 Å². The number of hydrogen-bond donors (Lipinski definition) is 3. The first-order valence-corrected chi connectivity index (χ1v) is 14.0. The lowest BCUT2D eigenvalue weighted by Crippen LogP contribution is -2.46. The number of aromatic amines is 1. The number of ether oxygens (including phenoxy) is 2.